The lowest BCUT2D eigenvalue weighted by Gasteiger charge is -2.31. The van der Waals surface area contributed by atoms with E-state index in [0.29, 0.717) is 0 Å². The van der Waals surface area contributed by atoms with Gasteiger partial charge >= 0.3 is 0 Å². The smallest absolute Gasteiger partial charge is 0.137 e. The van der Waals surface area contributed by atoms with Crippen molar-refractivity contribution in [2.45, 2.75) is 45.3 Å². The van der Waals surface area contributed by atoms with Gasteiger partial charge in [-0.25, -0.2) is 4.98 Å². The molecule has 2 aromatic heterocycles. The molecule has 26 heavy (non-hydrogen) atoms. The van der Waals surface area contributed by atoms with E-state index in [0.717, 1.165) is 31.8 Å². The largest absolute Gasteiger partial charge is 0.376 e. The van der Waals surface area contributed by atoms with Crippen LogP contribution in [0.3, 0.4) is 0 Å². The van der Waals surface area contributed by atoms with Gasteiger partial charge in [0.2, 0.25) is 0 Å². The third-order valence-electron chi connectivity index (χ3n) is 6.14. The Kier molecular flexibility index (Phi) is 3.66. The molecule has 1 atom stereocenters. The third-order valence-corrected chi connectivity index (χ3v) is 6.14. The second-order valence-electron chi connectivity index (χ2n) is 7.92. The van der Waals surface area contributed by atoms with Crippen LogP contribution in [-0.2, 0) is 23.3 Å². The minimum atomic E-state index is 0.0440. The Bertz CT molecular complexity index is 982. The second-order valence-corrected chi connectivity index (χ2v) is 7.92. The molecule has 1 aromatic carbocycles. The summed E-state index contributed by atoms with van der Waals surface area (Å²) in [5.74, 6) is 0. The third kappa shape index (κ3) is 2.48. The Morgan fingerprint density at radius 3 is 2.96 bits per heavy atom. The van der Waals surface area contributed by atoms with Crippen molar-refractivity contribution in [1.82, 2.24) is 15.3 Å². The summed E-state index contributed by atoms with van der Waals surface area (Å²) < 4.78 is 5.81. The number of rotatable bonds is 2. The maximum atomic E-state index is 5.81. The summed E-state index contributed by atoms with van der Waals surface area (Å²) in [5.41, 5.74) is 8.94. The highest BCUT2D eigenvalue weighted by Crippen LogP contribution is 2.39. The van der Waals surface area contributed by atoms with Crippen molar-refractivity contribution < 1.29 is 4.74 Å². The van der Waals surface area contributed by atoms with Crippen LogP contribution in [0.25, 0.3) is 22.2 Å². The van der Waals surface area contributed by atoms with E-state index in [-0.39, 0.29) is 5.54 Å². The molecule has 0 amide bonds. The molecular weight excluding hydrogens is 322 g/mol. The molecule has 1 fully saturated rings. The van der Waals surface area contributed by atoms with Gasteiger partial charge in [-0.15, -0.1) is 0 Å². The van der Waals surface area contributed by atoms with E-state index in [1.165, 1.54) is 51.6 Å². The first kappa shape index (κ1) is 16.0. The lowest BCUT2D eigenvalue weighted by atomic mass is 9.82. The molecule has 0 radical (unpaired) electrons. The fourth-order valence-electron chi connectivity index (χ4n) is 4.56. The zero-order chi connectivity index (χ0) is 17.7. The van der Waals surface area contributed by atoms with Gasteiger partial charge < -0.3 is 15.0 Å². The van der Waals surface area contributed by atoms with Crippen molar-refractivity contribution in [2.75, 3.05) is 13.2 Å². The lowest BCUT2D eigenvalue weighted by molar-refractivity contribution is 0.109. The van der Waals surface area contributed by atoms with E-state index < -0.39 is 0 Å². The fraction of sp³-hybridized carbons (Fsp3) is 0.409. The highest BCUT2D eigenvalue weighted by atomic mass is 16.5. The van der Waals surface area contributed by atoms with Crippen LogP contribution in [0.2, 0.25) is 0 Å². The molecule has 4 heteroatoms. The van der Waals surface area contributed by atoms with Crippen LogP contribution in [0, 0.1) is 6.92 Å². The zero-order valence-electron chi connectivity index (χ0n) is 15.5. The number of aromatic amines is 1. The number of ether oxygens (including phenoxy) is 1. The van der Waals surface area contributed by atoms with E-state index >= 15 is 0 Å². The average molecular weight is 347 g/mol. The van der Waals surface area contributed by atoms with Crippen molar-refractivity contribution in [3.8, 4) is 11.1 Å². The summed E-state index contributed by atoms with van der Waals surface area (Å²) in [6.45, 7) is 7.10. The number of pyridine rings is 1. The average Bonchev–Trinajstić information content (AvgIpc) is 3.27. The van der Waals surface area contributed by atoms with Gasteiger partial charge in [-0.2, -0.15) is 0 Å². The van der Waals surface area contributed by atoms with E-state index in [1.807, 2.05) is 12.4 Å². The molecule has 3 aromatic rings. The Balaban J connectivity index is 1.69. The van der Waals surface area contributed by atoms with Gasteiger partial charge in [0.05, 0.1) is 13.2 Å². The van der Waals surface area contributed by atoms with Gasteiger partial charge in [0.15, 0.2) is 0 Å². The van der Waals surface area contributed by atoms with Gasteiger partial charge in [0.25, 0.3) is 0 Å². The predicted octanol–water partition coefficient (Wildman–Crippen LogP) is 4.21. The molecule has 0 aliphatic carbocycles. The molecule has 2 aliphatic heterocycles. The number of benzene rings is 1. The van der Waals surface area contributed by atoms with Crippen LogP contribution in [0.4, 0.5) is 0 Å². The predicted molar refractivity (Wildman–Crippen MR) is 104 cm³/mol. The molecular formula is C22H25N3O. The maximum absolute atomic E-state index is 5.81. The van der Waals surface area contributed by atoms with Crippen LogP contribution >= 0.6 is 0 Å². The number of hydrogen-bond acceptors (Lipinski definition) is 3. The number of aryl methyl sites for hydroxylation is 1. The fourth-order valence-corrected chi connectivity index (χ4v) is 4.56. The number of nitrogens with zero attached hydrogens (tertiary/aromatic N) is 1. The van der Waals surface area contributed by atoms with E-state index in [9.17, 15) is 0 Å². The SMILES string of the molecule is Cc1c[nH]c2ncc(-c3cc4c(c(C5(C)CCCN5)c3)COCC4)cc12. The number of hydrogen-bond donors (Lipinski definition) is 2. The van der Waals surface area contributed by atoms with Crippen molar-refractivity contribution in [3.05, 3.63) is 52.8 Å². The molecule has 4 nitrogen and oxygen atoms in total. The zero-order valence-corrected chi connectivity index (χ0v) is 15.5. The van der Waals surface area contributed by atoms with Gasteiger partial charge in [-0.05, 0) is 79.6 Å². The Morgan fingerprint density at radius 1 is 1.19 bits per heavy atom. The van der Waals surface area contributed by atoms with Crippen LogP contribution in [-0.4, -0.2) is 23.1 Å². The Hall–Kier alpha value is -2.17. The number of H-pyrrole nitrogens is 1. The van der Waals surface area contributed by atoms with E-state index in [4.69, 9.17) is 4.74 Å². The van der Waals surface area contributed by atoms with E-state index in [1.54, 1.807) is 0 Å². The molecule has 2 N–H and O–H groups in total. The molecule has 0 saturated carbocycles. The molecule has 1 unspecified atom stereocenters. The summed E-state index contributed by atoms with van der Waals surface area (Å²) >= 11 is 0. The maximum Gasteiger partial charge on any atom is 0.137 e. The quantitative estimate of drug-likeness (QED) is 0.730. The number of nitrogens with one attached hydrogen (secondary N) is 2. The van der Waals surface area contributed by atoms with Crippen molar-refractivity contribution >= 4 is 11.0 Å². The first-order valence-corrected chi connectivity index (χ1v) is 9.57. The van der Waals surface area contributed by atoms with Gasteiger partial charge in [-0.1, -0.05) is 6.07 Å². The first-order valence-electron chi connectivity index (χ1n) is 9.57. The van der Waals surface area contributed by atoms with Gasteiger partial charge in [0.1, 0.15) is 5.65 Å². The number of fused-ring (bicyclic) bond motifs is 2. The summed E-state index contributed by atoms with van der Waals surface area (Å²) in [6.07, 6.45) is 7.42. The Morgan fingerprint density at radius 2 is 2.12 bits per heavy atom. The van der Waals surface area contributed by atoms with Gasteiger partial charge in [-0.3, -0.25) is 0 Å². The summed E-state index contributed by atoms with van der Waals surface area (Å²) in [5, 5.41) is 4.94. The summed E-state index contributed by atoms with van der Waals surface area (Å²) in [7, 11) is 0. The lowest BCUT2D eigenvalue weighted by Crippen LogP contribution is -2.35. The van der Waals surface area contributed by atoms with Gasteiger partial charge in [0, 0.05) is 28.9 Å². The van der Waals surface area contributed by atoms with E-state index in [2.05, 4.69) is 47.3 Å². The molecule has 2 aliphatic rings. The monoisotopic (exact) mass is 347 g/mol. The summed E-state index contributed by atoms with van der Waals surface area (Å²) in [6, 6.07) is 6.99. The molecule has 0 bridgehead atoms. The minimum Gasteiger partial charge on any atom is -0.376 e. The van der Waals surface area contributed by atoms with Crippen LogP contribution in [0.1, 0.15) is 42.0 Å². The normalized spacial score (nSPS) is 22.7. The highest BCUT2D eigenvalue weighted by Gasteiger charge is 2.34. The minimum absolute atomic E-state index is 0.0440. The second kappa shape index (κ2) is 5.93. The molecule has 134 valence electrons. The van der Waals surface area contributed by atoms with Crippen LogP contribution in [0.5, 0.6) is 0 Å². The van der Waals surface area contributed by atoms with Crippen LogP contribution in [0.15, 0.2) is 30.6 Å². The number of aromatic nitrogens is 2. The highest BCUT2D eigenvalue weighted by molar-refractivity contribution is 5.84. The molecule has 0 spiro atoms. The van der Waals surface area contributed by atoms with Crippen molar-refractivity contribution in [2.24, 2.45) is 0 Å². The van der Waals surface area contributed by atoms with Crippen LogP contribution < -0.4 is 5.32 Å². The summed E-state index contributed by atoms with van der Waals surface area (Å²) in [4.78, 5) is 7.88. The topological polar surface area (TPSA) is 49.9 Å². The molecule has 1 saturated heterocycles. The molecule has 5 rings (SSSR count). The van der Waals surface area contributed by atoms with Crippen molar-refractivity contribution in [1.29, 1.82) is 0 Å². The first-order chi connectivity index (χ1) is 12.6. The van der Waals surface area contributed by atoms with Crippen molar-refractivity contribution in [3.63, 3.8) is 0 Å². The Labute approximate surface area is 154 Å². The standard InChI is InChI=1S/C22H25N3O/c1-14-11-23-21-18(14)9-17(12-24-21)16-8-15-4-7-26-13-19(15)20(10-16)22(2)5-3-6-25-22/h8-12,25H,3-7,13H2,1-2H3,(H,23,24). The molecule has 4 heterocycles.